The van der Waals surface area contributed by atoms with Gasteiger partial charge in [0.15, 0.2) is 0 Å². The largest absolute Gasteiger partial charge is 0.393 e. The molecule has 2 heteroatoms. The molecule has 0 aromatic heterocycles. The number of aliphatic hydroxyl groups is 1. The summed E-state index contributed by atoms with van der Waals surface area (Å²) in [4.78, 5) is 2.55. The Kier molecular flexibility index (Phi) is 5.70. The third-order valence-corrected chi connectivity index (χ3v) is 5.76. The zero-order chi connectivity index (χ0) is 13.8. The summed E-state index contributed by atoms with van der Waals surface area (Å²) in [7, 11) is 2.28. The van der Waals surface area contributed by atoms with Crippen molar-refractivity contribution in [3.05, 3.63) is 0 Å². The normalized spacial score (nSPS) is 40.6. The fraction of sp³-hybridized carbons (Fsp3) is 1.00. The summed E-state index contributed by atoms with van der Waals surface area (Å²) in [6, 6.07) is 0.769. The van der Waals surface area contributed by atoms with E-state index in [2.05, 4.69) is 25.8 Å². The fourth-order valence-corrected chi connectivity index (χ4v) is 4.11. The van der Waals surface area contributed by atoms with Crippen molar-refractivity contribution in [3.8, 4) is 0 Å². The van der Waals surface area contributed by atoms with Crippen LogP contribution >= 0.6 is 0 Å². The van der Waals surface area contributed by atoms with Gasteiger partial charge in [0.1, 0.15) is 0 Å². The Morgan fingerprint density at radius 2 is 1.74 bits per heavy atom. The molecule has 0 radical (unpaired) electrons. The minimum atomic E-state index is -0.0484. The Morgan fingerprint density at radius 3 is 2.37 bits per heavy atom. The van der Waals surface area contributed by atoms with Crippen molar-refractivity contribution in [2.45, 2.75) is 77.4 Å². The maximum atomic E-state index is 10.2. The second-order valence-corrected chi connectivity index (χ2v) is 7.27. The van der Waals surface area contributed by atoms with E-state index in [9.17, 15) is 5.11 Å². The molecule has 0 aromatic carbocycles. The van der Waals surface area contributed by atoms with E-state index in [1.165, 1.54) is 44.9 Å². The van der Waals surface area contributed by atoms with Crippen molar-refractivity contribution in [1.29, 1.82) is 0 Å². The van der Waals surface area contributed by atoms with Crippen LogP contribution in [0.3, 0.4) is 0 Å². The fourth-order valence-electron chi connectivity index (χ4n) is 4.11. The zero-order valence-electron chi connectivity index (χ0n) is 13.1. The van der Waals surface area contributed by atoms with E-state index in [4.69, 9.17) is 0 Å². The Bertz CT molecular complexity index is 260. The molecule has 2 fully saturated rings. The van der Waals surface area contributed by atoms with Gasteiger partial charge in [0.2, 0.25) is 0 Å². The number of nitrogens with zero attached hydrogens (tertiary/aromatic N) is 1. The van der Waals surface area contributed by atoms with E-state index in [1.54, 1.807) is 0 Å². The Labute approximate surface area is 119 Å². The Morgan fingerprint density at radius 1 is 1.05 bits per heavy atom. The molecule has 2 aliphatic carbocycles. The molecule has 2 nitrogen and oxygen atoms in total. The van der Waals surface area contributed by atoms with Crippen LogP contribution < -0.4 is 0 Å². The summed E-state index contributed by atoms with van der Waals surface area (Å²) in [6.45, 7) is 5.79. The second kappa shape index (κ2) is 7.08. The molecule has 0 aromatic rings. The summed E-state index contributed by atoms with van der Waals surface area (Å²) in [5.74, 6) is 2.30. The van der Waals surface area contributed by atoms with Crippen molar-refractivity contribution in [3.63, 3.8) is 0 Å². The highest BCUT2D eigenvalue weighted by Gasteiger charge is 2.31. The predicted molar refractivity (Wildman–Crippen MR) is 81.2 cm³/mol. The third kappa shape index (κ3) is 4.19. The van der Waals surface area contributed by atoms with Gasteiger partial charge in [-0.05, 0) is 69.7 Å². The van der Waals surface area contributed by atoms with Crippen LogP contribution in [-0.4, -0.2) is 35.7 Å². The molecule has 0 heterocycles. The zero-order valence-corrected chi connectivity index (χ0v) is 13.1. The van der Waals surface area contributed by atoms with Crippen LogP contribution in [0, 0.1) is 17.8 Å². The van der Waals surface area contributed by atoms with Crippen molar-refractivity contribution in [1.82, 2.24) is 4.90 Å². The molecular weight excluding hydrogens is 234 g/mol. The molecule has 19 heavy (non-hydrogen) atoms. The first-order valence-corrected chi connectivity index (χ1v) is 8.48. The maximum absolute atomic E-state index is 10.2. The minimum absolute atomic E-state index is 0.0484. The van der Waals surface area contributed by atoms with Gasteiger partial charge in [-0.1, -0.05) is 20.3 Å². The van der Waals surface area contributed by atoms with Gasteiger partial charge in [-0.2, -0.15) is 0 Å². The first kappa shape index (κ1) is 15.3. The summed E-state index contributed by atoms with van der Waals surface area (Å²) in [5.41, 5.74) is 0. The average Bonchev–Trinajstić information content (AvgIpc) is 2.42. The molecule has 0 amide bonds. The van der Waals surface area contributed by atoms with E-state index in [0.29, 0.717) is 5.92 Å². The Hall–Kier alpha value is -0.0800. The number of rotatable bonds is 4. The highest BCUT2D eigenvalue weighted by Crippen LogP contribution is 2.33. The van der Waals surface area contributed by atoms with E-state index in [1.807, 2.05) is 0 Å². The van der Waals surface area contributed by atoms with Crippen molar-refractivity contribution in [2.75, 3.05) is 13.6 Å². The number of hydrogen-bond donors (Lipinski definition) is 1. The van der Waals surface area contributed by atoms with Gasteiger partial charge >= 0.3 is 0 Å². The minimum Gasteiger partial charge on any atom is -0.393 e. The first-order valence-electron chi connectivity index (χ1n) is 8.48. The van der Waals surface area contributed by atoms with Crippen LogP contribution in [0.5, 0.6) is 0 Å². The first-order chi connectivity index (χ1) is 9.10. The lowest BCUT2D eigenvalue weighted by Gasteiger charge is -2.39. The molecule has 2 saturated carbocycles. The summed E-state index contributed by atoms with van der Waals surface area (Å²) in [6.07, 6.45) is 10.2. The molecule has 2 aliphatic rings. The molecule has 112 valence electrons. The van der Waals surface area contributed by atoms with Crippen LogP contribution in [0.4, 0.5) is 0 Å². The second-order valence-electron chi connectivity index (χ2n) is 7.27. The average molecular weight is 267 g/mol. The van der Waals surface area contributed by atoms with Crippen molar-refractivity contribution < 1.29 is 5.11 Å². The van der Waals surface area contributed by atoms with Crippen molar-refractivity contribution >= 4 is 0 Å². The topological polar surface area (TPSA) is 23.5 Å². The smallest absolute Gasteiger partial charge is 0.0580 e. The SMILES string of the molecule is CCC1CCC(O)C(CN(C)C2CCC(C)CC2)C1. The molecule has 2 rings (SSSR count). The number of hydrogen-bond acceptors (Lipinski definition) is 2. The van der Waals surface area contributed by atoms with Crippen LogP contribution in [0.15, 0.2) is 0 Å². The van der Waals surface area contributed by atoms with E-state index >= 15 is 0 Å². The van der Waals surface area contributed by atoms with Gasteiger partial charge < -0.3 is 10.0 Å². The van der Waals surface area contributed by atoms with Crippen molar-refractivity contribution in [2.24, 2.45) is 17.8 Å². The lowest BCUT2D eigenvalue weighted by Crippen LogP contribution is -2.42. The molecule has 3 unspecified atom stereocenters. The quantitative estimate of drug-likeness (QED) is 0.840. The molecule has 1 N–H and O–H groups in total. The lowest BCUT2D eigenvalue weighted by atomic mass is 9.77. The highest BCUT2D eigenvalue weighted by molar-refractivity contribution is 4.84. The monoisotopic (exact) mass is 267 g/mol. The van der Waals surface area contributed by atoms with Gasteiger partial charge in [-0.25, -0.2) is 0 Å². The lowest BCUT2D eigenvalue weighted by molar-refractivity contribution is 0.0194. The van der Waals surface area contributed by atoms with Crippen LogP contribution in [-0.2, 0) is 0 Å². The standard InChI is InChI=1S/C17H33NO/c1-4-14-7-10-17(19)15(11-14)12-18(3)16-8-5-13(2)6-9-16/h13-17,19H,4-12H2,1-3H3. The third-order valence-electron chi connectivity index (χ3n) is 5.76. The van der Waals surface area contributed by atoms with E-state index < -0.39 is 0 Å². The molecule has 0 spiro atoms. The molecule has 0 aliphatic heterocycles. The maximum Gasteiger partial charge on any atom is 0.0580 e. The van der Waals surface area contributed by atoms with Gasteiger partial charge in [0, 0.05) is 12.6 Å². The van der Waals surface area contributed by atoms with E-state index in [0.717, 1.165) is 30.8 Å². The molecular formula is C17H33NO. The van der Waals surface area contributed by atoms with Gasteiger partial charge in [-0.15, -0.1) is 0 Å². The van der Waals surface area contributed by atoms with E-state index in [-0.39, 0.29) is 6.10 Å². The number of aliphatic hydroxyl groups excluding tert-OH is 1. The van der Waals surface area contributed by atoms with Gasteiger partial charge in [0.05, 0.1) is 6.10 Å². The van der Waals surface area contributed by atoms with Gasteiger partial charge in [-0.3, -0.25) is 0 Å². The summed E-state index contributed by atoms with van der Waals surface area (Å²) < 4.78 is 0. The molecule has 0 bridgehead atoms. The van der Waals surface area contributed by atoms with Crippen LogP contribution in [0.25, 0.3) is 0 Å². The van der Waals surface area contributed by atoms with Crippen LogP contribution in [0.2, 0.25) is 0 Å². The molecule has 3 atom stereocenters. The summed E-state index contributed by atoms with van der Waals surface area (Å²) >= 11 is 0. The van der Waals surface area contributed by atoms with Gasteiger partial charge in [0.25, 0.3) is 0 Å². The van der Waals surface area contributed by atoms with Crippen LogP contribution in [0.1, 0.15) is 65.2 Å². The Balaban J connectivity index is 1.81. The summed E-state index contributed by atoms with van der Waals surface area (Å²) in [5, 5.41) is 10.2. The highest BCUT2D eigenvalue weighted by atomic mass is 16.3. The molecule has 0 saturated heterocycles. The predicted octanol–water partition coefficient (Wildman–Crippen LogP) is 3.68.